The Balaban J connectivity index is 2.89. The van der Waals surface area contributed by atoms with E-state index >= 15 is 0 Å². The number of nitrogens with zero attached hydrogens (tertiary/aromatic N) is 2. The molecule has 94 valence electrons. The van der Waals surface area contributed by atoms with Crippen LogP contribution in [0.3, 0.4) is 0 Å². The average Bonchev–Trinajstić information content (AvgIpc) is 2.14. The lowest BCUT2D eigenvalue weighted by atomic mass is 9.96. The second kappa shape index (κ2) is 5.05. The van der Waals surface area contributed by atoms with Crippen LogP contribution in [0.4, 0.5) is 0 Å². The Bertz CT molecular complexity index is 424. The lowest BCUT2D eigenvalue weighted by Gasteiger charge is -2.26. The Morgan fingerprint density at radius 2 is 2.06 bits per heavy atom. The number of aryl methyl sites for hydroxylation is 1. The minimum atomic E-state index is -0.0857. The van der Waals surface area contributed by atoms with E-state index in [4.69, 9.17) is 11.6 Å². The zero-order valence-electron chi connectivity index (χ0n) is 11.0. The van der Waals surface area contributed by atoms with Crippen LogP contribution in [0.15, 0.2) is 12.3 Å². The Morgan fingerprint density at radius 1 is 1.47 bits per heavy atom. The molecule has 0 saturated heterocycles. The van der Waals surface area contributed by atoms with Crippen molar-refractivity contribution in [2.24, 2.45) is 5.41 Å². The van der Waals surface area contributed by atoms with Gasteiger partial charge in [-0.1, -0.05) is 32.4 Å². The quantitative estimate of drug-likeness (QED) is 0.812. The third-order valence-corrected chi connectivity index (χ3v) is 2.59. The topological polar surface area (TPSA) is 33.2 Å². The number of aromatic nitrogens is 1. The Hall–Kier alpha value is -1.09. The molecule has 1 rings (SSSR count). The summed E-state index contributed by atoms with van der Waals surface area (Å²) in [6, 6.07) is 1.71. The summed E-state index contributed by atoms with van der Waals surface area (Å²) in [5.74, 6) is -0.0857. The van der Waals surface area contributed by atoms with Gasteiger partial charge in [-0.3, -0.25) is 9.78 Å². The number of amides is 1. The number of hydrogen-bond acceptors (Lipinski definition) is 2. The number of pyridine rings is 1. The molecule has 0 unspecified atom stereocenters. The molecule has 1 aromatic rings. The maximum atomic E-state index is 12.2. The van der Waals surface area contributed by atoms with Gasteiger partial charge in [-0.15, -0.1) is 0 Å². The number of halogens is 1. The van der Waals surface area contributed by atoms with Gasteiger partial charge in [-0.2, -0.15) is 0 Å². The van der Waals surface area contributed by atoms with E-state index < -0.39 is 0 Å². The molecule has 1 amide bonds. The lowest BCUT2D eigenvalue weighted by molar-refractivity contribution is 0.0745. The van der Waals surface area contributed by atoms with E-state index in [2.05, 4.69) is 25.8 Å². The lowest BCUT2D eigenvalue weighted by Crippen LogP contribution is -2.34. The van der Waals surface area contributed by atoms with Crippen molar-refractivity contribution in [3.63, 3.8) is 0 Å². The minimum absolute atomic E-state index is 0.0645. The van der Waals surface area contributed by atoms with Gasteiger partial charge in [-0.25, -0.2) is 0 Å². The van der Waals surface area contributed by atoms with Crippen LogP contribution >= 0.6 is 11.6 Å². The molecule has 0 aromatic carbocycles. The van der Waals surface area contributed by atoms with Crippen LogP contribution in [-0.2, 0) is 0 Å². The van der Waals surface area contributed by atoms with Crippen LogP contribution in [0.2, 0.25) is 5.02 Å². The van der Waals surface area contributed by atoms with Crippen LogP contribution in [-0.4, -0.2) is 29.4 Å². The first kappa shape index (κ1) is 14.0. The Labute approximate surface area is 108 Å². The second-order valence-electron chi connectivity index (χ2n) is 5.53. The van der Waals surface area contributed by atoms with Gasteiger partial charge in [0, 0.05) is 25.5 Å². The molecule has 0 aliphatic heterocycles. The van der Waals surface area contributed by atoms with Crippen LogP contribution in [0.25, 0.3) is 0 Å². The van der Waals surface area contributed by atoms with Gasteiger partial charge in [0.2, 0.25) is 0 Å². The Kier molecular flexibility index (Phi) is 4.15. The molecule has 0 atom stereocenters. The van der Waals surface area contributed by atoms with Gasteiger partial charge in [0.25, 0.3) is 5.91 Å². The molecule has 0 aliphatic carbocycles. The molecule has 17 heavy (non-hydrogen) atoms. The summed E-state index contributed by atoms with van der Waals surface area (Å²) < 4.78 is 0. The van der Waals surface area contributed by atoms with Crippen LogP contribution in [0.5, 0.6) is 0 Å². The first-order valence-electron chi connectivity index (χ1n) is 5.58. The molecule has 0 N–H and O–H groups in total. The summed E-state index contributed by atoms with van der Waals surface area (Å²) in [5.41, 5.74) is 1.34. The third-order valence-electron chi connectivity index (χ3n) is 2.28. The van der Waals surface area contributed by atoms with Crippen molar-refractivity contribution in [3.05, 3.63) is 28.5 Å². The molecule has 0 spiro atoms. The first-order valence-corrected chi connectivity index (χ1v) is 5.96. The van der Waals surface area contributed by atoms with E-state index in [0.29, 0.717) is 17.1 Å². The van der Waals surface area contributed by atoms with Gasteiger partial charge in [0.05, 0.1) is 10.6 Å². The summed E-state index contributed by atoms with van der Waals surface area (Å²) in [4.78, 5) is 17.9. The van der Waals surface area contributed by atoms with Crippen molar-refractivity contribution in [3.8, 4) is 0 Å². The molecule has 0 bridgehead atoms. The van der Waals surface area contributed by atoms with Crippen molar-refractivity contribution < 1.29 is 4.79 Å². The van der Waals surface area contributed by atoms with Crippen molar-refractivity contribution in [2.45, 2.75) is 27.7 Å². The SMILES string of the molecule is Cc1cc(Cl)c(C(=O)N(C)CC(C)(C)C)cn1. The zero-order valence-corrected chi connectivity index (χ0v) is 11.8. The molecular weight excluding hydrogens is 236 g/mol. The highest BCUT2D eigenvalue weighted by atomic mass is 35.5. The van der Waals surface area contributed by atoms with Crippen LogP contribution in [0.1, 0.15) is 36.8 Å². The first-order chi connectivity index (χ1) is 7.70. The Morgan fingerprint density at radius 3 is 2.53 bits per heavy atom. The van der Waals surface area contributed by atoms with E-state index in [-0.39, 0.29) is 11.3 Å². The standard InChI is InChI=1S/C13H19ClN2O/c1-9-6-11(14)10(7-15-9)12(17)16(5)8-13(2,3)4/h6-7H,8H2,1-5H3. The highest BCUT2D eigenvalue weighted by Gasteiger charge is 2.20. The van der Waals surface area contributed by atoms with E-state index in [1.165, 1.54) is 0 Å². The average molecular weight is 255 g/mol. The fourth-order valence-electron chi connectivity index (χ4n) is 1.67. The van der Waals surface area contributed by atoms with E-state index in [9.17, 15) is 4.79 Å². The van der Waals surface area contributed by atoms with E-state index in [1.54, 1.807) is 24.2 Å². The zero-order chi connectivity index (χ0) is 13.2. The van der Waals surface area contributed by atoms with Crippen molar-refractivity contribution >= 4 is 17.5 Å². The summed E-state index contributed by atoms with van der Waals surface area (Å²) in [5, 5.41) is 0.461. The van der Waals surface area contributed by atoms with Crippen molar-refractivity contribution in [1.82, 2.24) is 9.88 Å². The molecule has 0 fully saturated rings. The predicted octanol–water partition coefficient (Wildman–Crippen LogP) is 3.16. The molecule has 0 aliphatic rings. The van der Waals surface area contributed by atoms with Gasteiger partial charge in [0.1, 0.15) is 0 Å². The van der Waals surface area contributed by atoms with Gasteiger partial charge in [-0.05, 0) is 18.4 Å². The fourth-order valence-corrected chi connectivity index (χ4v) is 1.96. The number of hydrogen-bond donors (Lipinski definition) is 0. The summed E-state index contributed by atoms with van der Waals surface area (Å²) >= 11 is 6.05. The molecule has 3 nitrogen and oxygen atoms in total. The van der Waals surface area contributed by atoms with Crippen LogP contribution in [0, 0.1) is 12.3 Å². The van der Waals surface area contributed by atoms with Crippen LogP contribution < -0.4 is 0 Å². The molecule has 1 heterocycles. The third kappa shape index (κ3) is 4.00. The number of carbonyl (C=O) groups excluding carboxylic acids is 1. The fraction of sp³-hybridized carbons (Fsp3) is 0.538. The normalized spacial score (nSPS) is 11.4. The van der Waals surface area contributed by atoms with Crippen molar-refractivity contribution in [2.75, 3.05) is 13.6 Å². The molecular formula is C13H19ClN2O. The molecule has 0 radical (unpaired) electrons. The summed E-state index contributed by atoms with van der Waals surface area (Å²) in [6.07, 6.45) is 1.54. The van der Waals surface area contributed by atoms with Gasteiger partial charge in [0.15, 0.2) is 0 Å². The van der Waals surface area contributed by atoms with Gasteiger partial charge < -0.3 is 4.90 Å². The minimum Gasteiger partial charge on any atom is -0.341 e. The van der Waals surface area contributed by atoms with E-state index in [0.717, 1.165) is 5.69 Å². The number of carbonyl (C=O) groups is 1. The maximum Gasteiger partial charge on any atom is 0.256 e. The summed E-state index contributed by atoms with van der Waals surface area (Å²) in [6.45, 7) is 8.79. The van der Waals surface area contributed by atoms with Crippen molar-refractivity contribution in [1.29, 1.82) is 0 Å². The second-order valence-corrected chi connectivity index (χ2v) is 5.93. The number of rotatable bonds is 2. The smallest absolute Gasteiger partial charge is 0.256 e. The highest BCUT2D eigenvalue weighted by molar-refractivity contribution is 6.33. The largest absolute Gasteiger partial charge is 0.341 e. The summed E-state index contributed by atoms with van der Waals surface area (Å²) in [7, 11) is 1.78. The molecule has 0 saturated carbocycles. The highest BCUT2D eigenvalue weighted by Crippen LogP contribution is 2.20. The van der Waals surface area contributed by atoms with Gasteiger partial charge >= 0.3 is 0 Å². The molecule has 1 aromatic heterocycles. The maximum absolute atomic E-state index is 12.2. The predicted molar refractivity (Wildman–Crippen MR) is 70.4 cm³/mol. The molecule has 4 heteroatoms. The monoisotopic (exact) mass is 254 g/mol. The van der Waals surface area contributed by atoms with E-state index in [1.807, 2.05) is 6.92 Å².